The third-order valence-corrected chi connectivity index (χ3v) is 29.4. The summed E-state index contributed by atoms with van der Waals surface area (Å²) in [4.78, 5) is 8.88. The Labute approximate surface area is 808 Å². The van der Waals surface area contributed by atoms with Crippen LogP contribution < -0.4 is 19.6 Å². The molecule has 4 nitrogen and oxygen atoms in total. The van der Waals surface area contributed by atoms with Gasteiger partial charge in [-0.3, -0.25) is 0 Å². The van der Waals surface area contributed by atoms with Gasteiger partial charge in [-0.2, -0.15) is 0 Å². The first-order valence-corrected chi connectivity index (χ1v) is 47.3. The Bertz CT molecular complexity index is 7790. The lowest BCUT2D eigenvalue weighted by Crippen LogP contribution is -2.30. The second-order valence-electron chi connectivity index (χ2n) is 37.1. The quantitative estimate of drug-likeness (QED) is 0.0705. The van der Waals surface area contributed by atoms with Gasteiger partial charge in [0.25, 0.3) is 0 Å². The van der Waals surface area contributed by atoms with Crippen LogP contribution in [-0.4, -0.2) is 0 Å². The second kappa shape index (κ2) is 33.7. The zero-order valence-corrected chi connectivity index (χ0v) is 77.1. The SMILES string of the molecule is C=Cc1ccc(C2(c3cc(C)ccc3C)c3ccccc3-c3ccc(N(c4ccc(F)cc4)c4ccc(-c5ccc(N(c6ccc(F)cc6)c6ccc7c(c6)C6(c8ccccc8-7)c7ccccc7-c7ccc(N(c8ccc(F)cc8)c8ccc(-c9ccc(N(c%10ccc(F)cc%10)c%10ccc%11c(c%10)C(c%10ccc(C=C)cc%10)(c%10cc(C)ccc%10C)c%10ccccc%10-%11)cc9)cc8)cc76)cc5)cc4)cc32)cc1. The van der Waals surface area contributed by atoms with E-state index in [0.29, 0.717) is 0 Å². The van der Waals surface area contributed by atoms with Crippen LogP contribution in [0.25, 0.3) is 78.9 Å². The maximum atomic E-state index is 15.4. The number of anilines is 12. The summed E-state index contributed by atoms with van der Waals surface area (Å²) in [5, 5.41) is 0. The molecule has 20 aromatic carbocycles. The van der Waals surface area contributed by atoms with Crippen molar-refractivity contribution in [3.05, 3.63) is 585 Å². The highest BCUT2D eigenvalue weighted by atomic mass is 19.1. The molecule has 0 saturated heterocycles. The Morgan fingerprint density at radius 1 is 0.187 bits per heavy atom. The van der Waals surface area contributed by atoms with Crippen LogP contribution in [0.5, 0.6) is 0 Å². The molecule has 4 aliphatic carbocycles. The number of aryl methyl sites for hydroxylation is 4. The second-order valence-corrected chi connectivity index (χ2v) is 37.1. The first kappa shape index (κ1) is 84.8. The average molecular weight is 1800 g/mol. The lowest BCUT2D eigenvalue weighted by molar-refractivity contribution is 0.627. The molecule has 8 heteroatoms. The molecule has 0 aromatic heterocycles. The normalized spacial score (nSPS) is 15.2. The first-order chi connectivity index (χ1) is 68.0. The van der Waals surface area contributed by atoms with Gasteiger partial charge in [0.15, 0.2) is 0 Å². The van der Waals surface area contributed by atoms with Gasteiger partial charge in [-0.15, -0.1) is 0 Å². The molecule has 20 aromatic rings. The van der Waals surface area contributed by atoms with Crippen molar-refractivity contribution in [2.45, 2.75) is 43.9 Å². The minimum Gasteiger partial charge on any atom is -0.310 e. The molecule has 139 heavy (non-hydrogen) atoms. The highest BCUT2D eigenvalue weighted by Crippen LogP contribution is 2.66. The molecule has 0 bridgehead atoms. The number of nitrogens with zero attached hydrogens (tertiary/aromatic N) is 4. The number of halogens is 4. The van der Waals surface area contributed by atoms with E-state index in [2.05, 4.69) is 412 Å². The van der Waals surface area contributed by atoms with Crippen LogP contribution in [0, 0.1) is 51.0 Å². The minimum atomic E-state index is -0.844. The van der Waals surface area contributed by atoms with E-state index in [1.54, 1.807) is 0 Å². The van der Waals surface area contributed by atoms with Gasteiger partial charge < -0.3 is 19.6 Å². The highest BCUT2D eigenvalue weighted by molar-refractivity contribution is 6.00. The third kappa shape index (κ3) is 13.7. The Morgan fingerprint density at radius 2 is 0.396 bits per heavy atom. The molecule has 0 radical (unpaired) electrons. The van der Waals surface area contributed by atoms with Crippen molar-refractivity contribution in [2.24, 2.45) is 0 Å². The summed E-state index contributed by atoms with van der Waals surface area (Å²) < 4.78 is 61.2. The zero-order chi connectivity index (χ0) is 94.1. The molecule has 1 spiro atoms. The lowest BCUT2D eigenvalue weighted by Gasteiger charge is -2.36. The van der Waals surface area contributed by atoms with Crippen LogP contribution in [0.2, 0.25) is 0 Å². The van der Waals surface area contributed by atoms with Crippen LogP contribution in [-0.2, 0) is 16.2 Å². The summed E-state index contributed by atoms with van der Waals surface area (Å²) in [6.07, 6.45) is 3.78. The Hall–Kier alpha value is -17.2. The summed E-state index contributed by atoms with van der Waals surface area (Å²) in [6.45, 7) is 17.0. The van der Waals surface area contributed by atoms with E-state index in [9.17, 15) is 0 Å². The predicted octanol–water partition coefficient (Wildman–Crippen LogP) is 35.0. The van der Waals surface area contributed by atoms with Gasteiger partial charge in [0.1, 0.15) is 23.3 Å². The molecule has 0 fully saturated rings. The van der Waals surface area contributed by atoms with E-state index < -0.39 is 16.2 Å². The van der Waals surface area contributed by atoms with Crippen LogP contribution in [0.3, 0.4) is 0 Å². The molecule has 0 aliphatic heterocycles. The molecule has 2 unspecified atom stereocenters. The number of hydrogen-bond acceptors (Lipinski definition) is 4. The van der Waals surface area contributed by atoms with Crippen LogP contribution >= 0.6 is 0 Å². The number of rotatable bonds is 20. The van der Waals surface area contributed by atoms with E-state index in [1.807, 2.05) is 60.7 Å². The fourth-order valence-corrected chi connectivity index (χ4v) is 23.1. The van der Waals surface area contributed by atoms with Crippen LogP contribution in [0.15, 0.2) is 462 Å². The van der Waals surface area contributed by atoms with Crippen molar-refractivity contribution in [1.82, 2.24) is 0 Å². The minimum absolute atomic E-state index is 0.319. The maximum absolute atomic E-state index is 15.4. The van der Waals surface area contributed by atoms with Crippen LogP contribution in [0.4, 0.5) is 85.8 Å². The molecule has 24 rings (SSSR count). The Morgan fingerprint density at radius 3 is 0.640 bits per heavy atom. The topological polar surface area (TPSA) is 13.0 Å². The smallest absolute Gasteiger partial charge is 0.123 e. The predicted molar refractivity (Wildman–Crippen MR) is 566 cm³/mol. The Balaban J connectivity index is 0.573. The summed E-state index contributed by atoms with van der Waals surface area (Å²) in [7, 11) is 0. The summed E-state index contributed by atoms with van der Waals surface area (Å²) in [5.41, 5.74) is 41.9. The van der Waals surface area contributed by atoms with Crippen molar-refractivity contribution < 1.29 is 17.6 Å². The van der Waals surface area contributed by atoms with E-state index >= 15 is 17.6 Å². The zero-order valence-electron chi connectivity index (χ0n) is 77.1. The van der Waals surface area contributed by atoms with Gasteiger partial charge in [-0.1, -0.05) is 291 Å². The number of fused-ring (bicyclic) bond motifs is 16. The highest BCUT2D eigenvalue weighted by Gasteiger charge is 2.54. The maximum Gasteiger partial charge on any atom is 0.123 e. The van der Waals surface area contributed by atoms with Gasteiger partial charge >= 0.3 is 0 Å². The molecule has 0 saturated carbocycles. The lowest BCUT2D eigenvalue weighted by atomic mass is 9.66. The van der Waals surface area contributed by atoms with Gasteiger partial charge in [-0.25, -0.2) is 17.6 Å². The molecule has 0 amide bonds. The van der Waals surface area contributed by atoms with E-state index in [0.717, 1.165) is 180 Å². The fraction of sp³-hybridized carbons (Fsp3) is 0.0534. The summed E-state index contributed by atoms with van der Waals surface area (Å²) >= 11 is 0. The standard InChI is InChI=1S/C131H92F4N4/c1-7-87-29-41-93(42-30-87)129(123-77-83(3)25-27-85(123)5)119-21-13-9-17-111(119)115-73-69-107(79-125(115)129)136(103-61-45-95(132)46-62-103)99-53-33-89(34-54-99)91-37-57-101(58-38-91)138(105-65-49-97(134)50-66-105)109-71-75-117-113-19-11-15-23-121(113)131(127(117)81-109)122-24-16-12-20-114(122)118-76-72-110(82-128(118)131)139(106-67-51-98(135)52-68-106)102-59-39-92(40-60-102)90-35-55-100(56-36-90)137(104-63-47-96(133)48-64-104)108-70-74-116-112-18-10-14-22-120(112)130(126(116)80-108,94-43-31-88(8-2)32-44-94)124-78-84(4)26-28-86(124)6/h7-82H,1-2H2,3-6H3. The molecular weight excluding hydrogens is 1710 g/mol. The first-order valence-electron chi connectivity index (χ1n) is 47.3. The number of benzene rings is 20. The van der Waals surface area contributed by atoms with Crippen molar-refractivity contribution in [3.63, 3.8) is 0 Å². The molecule has 0 heterocycles. The summed E-state index contributed by atoms with van der Waals surface area (Å²) in [6, 6.07) is 155. The molecular formula is C131H92F4N4. The van der Waals surface area contributed by atoms with Crippen molar-refractivity contribution >= 4 is 80.4 Å². The van der Waals surface area contributed by atoms with Gasteiger partial charge in [0.2, 0.25) is 0 Å². The molecule has 2 atom stereocenters. The van der Waals surface area contributed by atoms with Crippen molar-refractivity contribution in [2.75, 3.05) is 19.6 Å². The monoisotopic (exact) mass is 1800 g/mol. The van der Waals surface area contributed by atoms with Crippen molar-refractivity contribution in [3.8, 4) is 66.8 Å². The average Bonchev–Trinajstić information content (AvgIpc) is 1.10. The van der Waals surface area contributed by atoms with E-state index in [-0.39, 0.29) is 23.3 Å². The summed E-state index contributed by atoms with van der Waals surface area (Å²) in [5.74, 6) is -1.32. The van der Waals surface area contributed by atoms with Crippen LogP contribution in [0.1, 0.15) is 100 Å². The van der Waals surface area contributed by atoms with E-state index in [4.69, 9.17) is 0 Å². The Kier molecular flexibility index (Phi) is 20.6. The number of hydrogen-bond donors (Lipinski definition) is 0. The van der Waals surface area contributed by atoms with Gasteiger partial charge in [0.05, 0.1) is 16.2 Å². The molecule has 4 aliphatic rings. The molecule has 0 N–H and O–H groups in total. The van der Waals surface area contributed by atoms with E-state index in [1.165, 1.54) is 104 Å². The van der Waals surface area contributed by atoms with Gasteiger partial charge in [0, 0.05) is 68.2 Å². The fourth-order valence-electron chi connectivity index (χ4n) is 23.1. The third-order valence-electron chi connectivity index (χ3n) is 29.4. The van der Waals surface area contributed by atoms with Gasteiger partial charge in [-0.05, 0) is 378 Å². The molecule has 664 valence electrons. The largest absolute Gasteiger partial charge is 0.310 e. The van der Waals surface area contributed by atoms with Crippen molar-refractivity contribution in [1.29, 1.82) is 0 Å².